The molecule has 3 unspecified atom stereocenters. The molecule has 1 amide bonds. The highest BCUT2D eigenvalue weighted by molar-refractivity contribution is 7.89. The van der Waals surface area contributed by atoms with Gasteiger partial charge in [-0.05, 0) is 30.2 Å². The van der Waals surface area contributed by atoms with Gasteiger partial charge in [0, 0.05) is 12.0 Å². The minimum atomic E-state index is -4.66. The van der Waals surface area contributed by atoms with Crippen molar-refractivity contribution in [1.82, 2.24) is 10.0 Å². The Balaban J connectivity index is 2.01. The Morgan fingerprint density at radius 2 is 1.78 bits per heavy atom. The van der Waals surface area contributed by atoms with Crippen LogP contribution in [-0.2, 0) is 21.0 Å². The summed E-state index contributed by atoms with van der Waals surface area (Å²) in [5.41, 5.74) is -0.638. The zero-order chi connectivity index (χ0) is 23.7. The van der Waals surface area contributed by atoms with Gasteiger partial charge in [-0.2, -0.15) is 13.2 Å². The third kappa shape index (κ3) is 5.28. The Kier molecular flexibility index (Phi) is 6.61. The average molecular weight is 470 g/mol. The SMILES string of the molecule is COc1ccc(C(F)(F)F)cc1C(=O)C1CC(C(=O)NS(C)(=O)=O)NC1c1ccccc1. The number of nitrogens with one attached hydrogen (secondary N) is 2. The second-order valence-electron chi connectivity index (χ2n) is 7.47. The molecule has 2 N–H and O–H groups in total. The molecular weight excluding hydrogens is 449 g/mol. The summed E-state index contributed by atoms with van der Waals surface area (Å²) in [4.78, 5) is 25.8. The molecule has 32 heavy (non-hydrogen) atoms. The average Bonchev–Trinajstić information content (AvgIpc) is 3.17. The van der Waals surface area contributed by atoms with Gasteiger partial charge in [0.05, 0.1) is 30.5 Å². The van der Waals surface area contributed by atoms with Gasteiger partial charge in [-0.15, -0.1) is 0 Å². The third-order valence-corrected chi connectivity index (χ3v) is 5.73. The number of methoxy groups -OCH3 is 1. The maximum atomic E-state index is 13.4. The number of ether oxygens (including phenoxy) is 1. The van der Waals surface area contributed by atoms with Crippen LogP contribution in [0, 0.1) is 5.92 Å². The lowest BCUT2D eigenvalue weighted by atomic mass is 9.86. The topological polar surface area (TPSA) is 102 Å². The van der Waals surface area contributed by atoms with E-state index in [2.05, 4.69) is 5.32 Å². The van der Waals surface area contributed by atoms with E-state index >= 15 is 0 Å². The van der Waals surface area contributed by atoms with Gasteiger partial charge < -0.3 is 4.74 Å². The Bertz CT molecular complexity index is 1120. The summed E-state index contributed by atoms with van der Waals surface area (Å²) in [6, 6.07) is 9.45. The predicted octanol–water partition coefficient (Wildman–Crippen LogP) is 2.69. The number of alkyl halides is 3. The fourth-order valence-corrected chi connectivity index (χ4v) is 4.26. The number of carbonyl (C=O) groups excluding carboxylic acids is 2. The summed E-state index contributed by atoms with van der Waals surface area (Å²) < 4.78 is 69.6. The number of halogens is 3. The van der Waals surface area contributed by atoms with Crippen LogP contribution in [0.5, 0.6) is 5.75 Å². The molecule has 2 aromatic rings. The molecule has 1 aliphatic heterocycles. The zero-order valence-corrected chi connectivity index (χ0v) is 18.0. The number of hydrogen-bond acceptors (Lipinski definition) is 6. The highest BCUT2D eigenvalue weighted by atomic mass is 32.2. The van der Waals surface area contributed by atoms with Gasteiger partial charge in [0.15, 0.2) is 5.78 Å². The van der Waals surface area contributed by atoms with Crippen LogP contribution in [0.2, 0.25) is 0 Å². The van der Waals surface area contributed by atoms with Crippen LogP contribution in [-0.4, -0.2) is 39.5 Å². The largest absolute Gasteiger partial charge is 0.496 e. The van der Waals surface area contributed by atoms with E-state index in [9.17, 15) is 31.2 Å². The Morgan fingerprint density at radius 1 is 1.12 bits per heavy atom. The minimum absolute atomic E-state index is 0.0288. The van der Waals surface area contributed by atoms with Crippen LogP contribution in [0.3, 0.4) is 0 Å². The second-order valence-corrected chi connectivity index (χ2v) is 9.21. The van der Waals surface area contributed by atoms with Crippen molar-refractivity contribution in [2.45, 2.75) is 24.7 Å². The van der Waals surface area contributed by atoms with Crippen LogP contribution in [0.1, 0.15) is 33.9 Å². The quantitative estimate of drug-likeness (QED) is 0.630. The molecule has 3 rings (SSSR count). The Hall–Kier alpha value is -2.92. The van der Waals surface area contributed by atoms with E-state index in [-0.39, 0.29) is 17.7 Å². The summed E-state index contributed by atoms with van der Waals surface area (Å²) in [7, 11) is -2.60. The molecule has 11 heteroatoms. The number of rotatable bonds is 6. The molecule has 1 heterocycles. The smallest absolute Gasteiger partial charge is 0.416 e. The van der Waals surface area contributed by atoms with Crippen LogP contribution in [0.4, 0.5) is 13.2 Å². The first kappa shape index (κ1) is 23.7. The molecule has 0 aromatic heterocycles. The molecule has 3 atom stereocenters. The number of carbonyl (C=O) groups is 2. The molecule has 172 valence electrons. The number of amides is 1. The van der Waals surface area contributed by atoms with Crippen molar-refractivity contribution in [3.8, 4) is 5.75 Å². The van der Waals surface area contributed by atoms with Gasteiger partial charge in [-0.25, -0.2) is 8.42 Å². The highest BCUT2D eigenvalue weighted by Gasteiger charge is 2.43. The summed E-state index contributed by atoms with van der Waals surface area (Å²) in [5, 5.41) is 2.95. The van der Waals surface area contributed by atoms with Crippen molar-refractivity contribution >= 4 is 21.7 Å². The lowest BCUT2D eigenvalue weighted by molar-refractivity contribution is -0.137. The van der Waals surface area contributed by atoms with Crippen molar-refractivity contribution in [2.24, 2.45) is 5.92 Å². The molecule has 2 aromatic carbocycles. The molecule has 7 nitrogen and oxygen atoms in total. The van der Waals surface area contributed by atoms with Crippen molar-refractivity contribution < 1.29 is 35.9 Å². The third-order valence-electron chi connectivity index (χ3n) is 5.16. The van der Waals surface area contributed by atoms with Crippen molar-refractivity contribution in [1.29, 1.82) is 0 Å². The normalized spacial score (nSPS) is 21.2. The van der Waals surface area contributed by atoms with Crippen LogP contribution < -0.4 is 14.8 Å². The lowest BCUT2D eigenvalue weighted by Gasteiger charge is -2.20. The fourth-order valence-electron chi connectivity index (χ4n) is 3.75. The summed E-state index contributed by atoms with van der Waals surface area (Å²) in [6.45, 7) is 0. The van der Waals surface area contributed by atoms with E-state index < -0.39 is 51.5 Å². The van der Waals surface area contributed by atoms with Crippen molar-refractivity contribution in [2.75, 3.05) is 13.4 Å². The summed E-state index contributed by atoms with van der Waals surface area (Å²) in [6.07, 6.45) is -3.95. The molecule has 0 radical (unpaired) electrons. The summed E-state index contributed by atoms with van der Waals surface area (Å²) in [5.74, 6) is -2.47. The first-order valence-corrected chi connectivity index (χ1v) is 11.4. The van der Waals surface area contributed by atoms with E-state index in [1.165, 1.54) is 7.11 Å². The lowest BCUT2D eigenvalue weighted by Crippen LogP contribution is -2.43. The molecule has 0 bridgehead atoms. The van der Waals surface area contributed by atoms with E-state index in [0.717, 1.165) is 24.5 Å². The molecule has 1 saturated heterocycles. The van der Waals surface area contributed by atoms with Gasteiger partial charge in [-0.1, -0.05) is 30.3 Å². The molecule has 0 saturated carbocycles. The van der Waals surface area contributed by atoms with Gasteiger partial charge in [0.25, 0.3) is 5.91 Å². The number of ketones is 1. The van der Waals surface area contributed by atoms with E-state index in [1.54, 1.807) is 30.3 Å². The van der Waals surface area contributed by atoms with Crippen molar-refractivity contribution in [3.63, 3.8) is 0 Å². The van der Waals surface area contributed by atoms with E-state index in [1.807, 2.05) is 4.72 Å². The maximum absolute atomic E-state index is 13.4. The molecular formula is C21H21F3N2O5S. The van der Waals surface area contributed by atoms with Crippen LogP contribution in [0.15, 0.2) is 48.5 Å². The maximum Gasteiger partial charge on any atom is 0.416 e. The number of Topliss-reactive ketones (excluding diaryl/α,β-unsaturated/α-hetero) is 1. The predicted molar refractivity (Wildman–Crippen MR) is 110 cm³/mol. The van der Waals surface area contributed by atoms with Gasteiger partial charge in [0.1, 0.15) is 5.75 Å². The van der Waals surface area contributed by atoms with Gasteiger partial charge in [-0.3, -0.25) is 19.6 Å². The van der Waals surface area contributed by atoms with Crippen molar-refractivity contribution in [3.05, 3.63) is 65.2 Å². The van der Waals surface area contributed by atoms with Crippen LogP contribution >= 0.6 is 0 Å². The minimum Gasteiger partial charge on any atom is -0.496 e. The molecule has 0 spiro atoms. The number of sulfonamides is 1. The standard InChI is InChI=1S/C21H21F3N2O5S/c1-31-17-9-8-13(21(22,23)24)10-14(17)19(27)15-11-16(20(28)26-32(2,29)30)25-18(15)12-6-4-3-5-7-12/h3-10,15-16,18,25H,11H2,1-2H3,(H,26,28). The molecule has 1 fully saturated rings. The first-order chi connectivity index (χ1) is 14.9. The van der Waals surface area contributed by atoms with Gasteiger partial charge in [0.2, 0.25) is 10.0 Å². The van der Waals surface area contributed by atoms with E-state index in [0.29, 0.717) is 5.56 Å². The second kappa shape index (κ2) is 8.91. The van der Waals surface area contributed by atoms with Gasteiger partial charge >= 0.3 is 6.18 Å². The molecule has 1 aliphatic rings. The van der Waals surface area contributed by atoms with Crippen LogP contribution in [0.25, 0.3) is 0 Å². The Morgan fingerprint density at radius 3 is 2.34 bits per heavy atom. The zero-order valence-electron chi connectivity index (χ0n) is 17.1. The van der Waals surface area contributed by atoms with E-state index in [4.69, 9.17) is 4.74 Å². The molecule has 0 aliphatic carbocycles. The fraction of sp³-hybridized carbons (Fsp3) is 0.333. The monoisotopic (exact) mass is 470 g/mol. The highest BCUT2D eigenvalue weighted by Crippen LogP contribution is 2.39. The number of benzene rings is 2. The number of hydrogen-bond donors (Lipinski definition) is 2. The Labute approximate surface area is 183 Å². The first-order valence-electron chi connectivity index (χ1n) is 9.53. The summed E-state index contributed by atoms with van der Waals surface area (Å²) >= 11 is 0.